The summed E-state index contributed by atoms with van der Waals surface area (Å²) in [5, 5.41) is 0. The van der Waals surface area contributed by atoms with Crippen molar-refractivity contribution in [2.75, 3.05) is 14.2 Å². The molecule has 0 aliphatic rings. The molecule has 0 aliphatic heterocycles. The number of hydrogen-bond acceptors (Lipinski definition) is 2. The first-order valence-electron chi connectivity index (χ1n) is 3.72. The van der Waals surface area contributed by atoms with Crippen molar-refractivity contribution < 1.29 is 9.47 Å². The molecule has 0 aromatic heterocycles. The molecule has 0 rings (SSSR count). The highest BCUT2D eigenvalue weighted by Crippen LogP contribution is 2.08. The maximum Gasteiger partial charge on any atom is 0.160 e. The molecule has 3 heteroatoms. The lowest BCUT2D eigenvalue weighted by Gasteiger charge is -2.12. The Morgan fingerprint density at radius 3 is 2.42 bits per heavy atom. The van der Waals surface area contributed by atoms with Gasteiger partial charge in [0.1, 0.15) is 0 Å². The molecule has 0 radical (unpaired) electrons. The van der Waals surface area contributed by atoms with E-state index in [1.807, 2.05) is 24.1 Å². The van der Waals surface area contributed by atoms with E-state index < -0.39 is 0 Å². The molecule has 0 heterocycles. The van der Waals surface area contributed by atoms with Crippen molar-refractivity contribution in [1.29, 1.82) is 0 Å². The van der Waals surface area contributed by atoms with Crippen LogP contribution in [0.2, 0.25) is 0 Å². The van der Waals surface area contributed by atoms with Crippen LogP contribution in [0.15, 0.2) is 22.7 Å². The molecule has 0 fully saturated rings. The smallest absolute Gasteiger partial charge is 0.160 e. The molecule has 70 valence electrons. The fourth-order valence-corrected chi connectivity index (χ4v) is 0.947. The van der Waals surface area contributed by atoms with Crippen molar-refractivity contribution >= 4 is 15.9 Å². The van der Waals surface area contributed by atoms with Gasteiger partial charge in [-0.2, -0.15) is 0 Å². The van der Waals surface area contributed by atoms with E-state index >= 15 is 0 Å². The lowest BCUT2D eigenvalue weighted by Crippen LogP contribution is -2.12. The second kappa shape index (κ2) is 7.53. The van der Waals surface area contributed by atoms with Crippen molar-refractivity contribution in [3.63, 3.8) is 0 Å². The summed E-state index contributed by atoms with van der Waals surface area (Å²) in [6, 6.07) is 0. The van der Waals surface area contributed by atoms with Crippen LogP contribution in [0.1, 0.15) is 13.3 Å². The van der Waals surface area contributed by atoms with Crippen LogP contribution in [-0.2, 0) is 9.47 Å². The average Bonchev–Trinajstić information content (AvgIpc) is 2.10. The Morgan fingerprint density at radius 2 is 2.00 bits per heavy atom. The Bertz CT molecular complexity index is 160. The molecule has 0 aliphatic carbocycles. The van der Waals surface area contributed by atoms with Crippen LogP contribution in [0, 0.1) is 0 Å². The van der Waals surface area contributed by atoms with Crippen molar-refractivity contribution in [3.05, 3.63) is 22.7 Å². The largest absolute Gasteiger partial charge is 0.356 e. The molecule has 2 nitrogen and oxygen atoms in total. The van der Waals surface area contributed by atoms with Gasteiger partial charge in [0, 0.05) is 20.6 Å². The van der Waals surface area contributed by atoms with Crippen molar-refractivity contribution in [1.82, 2.24) is 0 Å². The van der Waals surface area contributed by atoms with E-state index in [0.717, 1.165) is 6.42 Å². The van der Waals surface area contributed by atoms with E-state index in [2.05, 4.69) is 15.9 Å². The van der Waals surface area contributed by atoms with Crippen LogP contribution < -0.4 is 0 Å². The zero-order chi connectivity index (χ0) is 9.40. The Balaban J connectivity index is 3.88. The number of halogens is 1. The summed E-state index contributed by atoms with van der Waals surface area (Å²) < 4.78 is 10.1. The first-order chi connectivity index (χ1) is 5.74. The van der Waals surface area contributed by atoms with Gasteiger partial charge in [0.25, 0.3) is 0 Å². The van der Waals surface area contributed by atoms with Gasteiger partial charge in [0.2, 0.25) is 0 Å². The maximum absolute atomic E-state index is 5.05. The van der Waals surface area contributed by atoms with Gasteiger partial charge in [0.15, 0.2) is 6.29 Å². The third-order valence-corrected chi connectivity index (χ3v) is 1.77. The van der Waals surface area contributed by atoms with Crippen molar-refractivity contribution in [2.45, 2.75) is 19.6 Å². The zero-order valence-corrected chi connectivity index (χ0v) is 9.30. The third-order valence-electron chi connectivity index (χ3n) is 1.47. The zero-order valence-electron chi connectivity index (χ0n) is 7.71. The minimum Gasteiger partial charge on any atom is -0.356 e. The summed E-state index contributed by atoms with van der Waals surface area (Å²) in [6.45, 7) is 2.04. The first-order valence-corrected chi connectivity index (χ1v) is 4.64. The molecule has 0 saturated heterocycles. The number of ether oxygens (including phenoxy) is 2. The van der Waals surface area contributed by atoms with E-state index in [1.54, 1.807) is 14.2 Å². The van der Waals surface area contributed by atoms with Gasteiger partial charge in [-0.05, 0) is 11.9 Å². The number of hydrogen-bond donors (Lipinski definition) is 0. The highest BCUT2D eigenvalue weighted by atomic mass is 79.9. The van der Waals surface area contributed by atoms with E-state index in [4.69, 9.17) is 9.47 Å². The van der Waals surface area contributed by atoms with Gasteiger partial charge in [-0.25, -0.2) is 0 Å². The molecule has 0 N–H and O–H groups in total. The summed E-state index contributed by atoms with van der Waals surface area (Å²) in [4.78, 5) is 1.81. The second-order valence-corrected chi connectivity index (χ2v) is 2.97. The number of methoxy groups -OCH3 is 2. The van der Waals surface area contributed by atoms with Gasteiger partial charge in [-0.15, -0.1) is 0 Å². The Kier molecular flexibility index (Phi) is 7.45. The van der Waals surface area contributed by atoms with Crippen molar-refractivity contribution in [2.24, 2.45) is 0 Å². The summed E-state index contributed by atoms with van der Waals surface area (Å²) in [7, 11) is 3.28. The number of allylic oxidation sites excluding steroid dienone is 2. The molecule has 0 atom stereocenters. The molecular weight excluding hydrogens is 220 g/mol. The monoisotopic (exact) mass is 234 g/mol. The van der Waals surface area contributed by atoms with Crippen LogP contribution in [-0.4, -0.2) is 20.5 Å². The van der Waals surface area contributed by atoms with Gasteiger partial charge in [0.05, 0.1) is 0 Å². The van der Waals surface area contributed by atoms with E-state index in [-0.39, 0.29) is 6.29 Å². The molecule has 0 spiro atoms. The van der Waals surface area contributed by atoms with Crippen LogP contribution in [0.3, 0.4) is 0 Å². The molecular formula is C9H15BrO2. The summed E-state index contributed by atoms with van der Waals surface area (Å²) >= 11 is 3.19. The minimum atomic E-state index is -0.134. The second-order valence-electron chi connectivity index (χ2n) is 2.44. The van der Waals surface area contributed by atoms with Gasteiger partial charge in [-0.3, -0.25) is 0 Å². The molecule has 12 heavy (non-hydrogen) atoms. The van der Waals surface area contributed by atoms with Gasteiger partial charge >= 0.3 is 0 Å². The lowest BCUT2D eigenvalue weighted by molar-refractivity contribution is -0.100. The predicted octanol–water partition coefficient (Wildman–Crippen LogP) is 2.85. The molecule has 0 saturated carbocycles. The third kappa shape index (κ3) is 5.52. The Labute approximate surface area is 82.4 Å². The van der Waals surface area contributed by atoms with Gasteiger partial charge < -0.3 is 9.47 Å². The van der Waals surface area contributed by atoms with E-state index in [9.17, 15) is 0 Å². The van der Waals surface area contributed by atoms with Crippen LogP contribution in [0.4, 0.5) is 0 Å². The quantitative estimate of drug-likeness (QED) is 0.538. The maximum atomic E-state index is 5.05. The fraction of sp³-hybridized carbons (Fsp3) is 0.556. The predicted molar refractivity (Wildman–Crippen MR) is 54.2 cm³/mol. The Morgan fingerprint density at radius 1 is 1.42 bits per heavy atom. The first kappa shape index (κ1) is 11.9. The van der Waals surface area contributed by atoms with E-state index in [1.165, 1.54) is 5.57 Å². The molecule has 0 amide bonds. The molecule has 0 aromatic rings. The topological polar surface area (TPSA) is 18.5 Å². The normalized spacial score (nSPS) is 13.2. The number of rotatable bonds is 5. The SMILES string of the molecule is COC(C/C(C)=C/C=C/Br)OC. The van der Waals surface area contributed by atoms with Crippen LogP contribution in [0.25, 0.3) is 0 Å². The van der Waals surface area contributed by atoms with Gasteiger partial charge in [-0.1, -0.05) is 33.7 Å². The minimum absolute atomic E-state index is 0.134. The fourth-order valence-electron chi connectivity index (χ4n) is 0.794. The summed E-state index contributed by atoms with van der Waals surface area (Å²) in [6.07, 6.45) is 4.60. The summed E-state index contributed by atoms with van der Waals surface area (Å²) in [5.41, 5.74) is 1.22. The summed E-state index contributed by atoms with van der Waals surface area (Å²) in [5.74, 6) is 0. The Hall–Kier alpha value is -0.120. The highest BCUT2D eigenvalue weighted by molar-refractivity contribution is 9.11. The van der Waals surface area contributed by atoms with E-state index in [0.29, 0.717) is 0 Å². The highest BCUT2D eigenvalue weighted by Gasteiger charge is 2.04. The molecule has 0 aromatic carbocycles. The molecule has 0 unspecified atom stereocenters. The van der Waals surface area contributed by atoms with Crippen LogP contribution >= 0.6 is 15.9 Å². The average molecular weight is 235 g/mol. The van der Waals surface area contributed by atoms with Crippen LogP contribution in [0.5, 0.6) is 0 Å². The molecule has 0 bridgehead atoms. The standard InChI is InChI=1S/C9H15BrO2/c1-8(5-4-6-10)7-9(11-2)12-3/h4-6,9H,7H2,1-3H3/b6-4+,8-5+. The lowest BCUT2D eigenvalue weighted by atomic mass is 10.2. The van der Waals surface area contributed by atoms with Crippen molar-refractivity contribution in [3.8, 4) is 0 Å².